The third kappa shape index (κ3) is 2.61. The van der Waals surface area contributed by atoms with Gasteiger partial charge in [0.25, 0.3) is 0 Å². The Morgan fingerprint density at radius 1 is 1.44 bits per heavy atom. The average Bonchev–Trinajstić information content (AvgIpc) is 2.47. The highest BCUT2D eigenvalue weighted by Crippen LogP contribution is 2.35. The summed E-state index contributed by atoms with van der Waals surface area (Å²) >= 11 is 0. The molecule has 0 bridgehead atoms. The van der Waals surface area contributed by atoms with Gasteiger partial charge in [0.15, 0.2) is 9.84 Å². The molecule has 0 radical (unpaired) electrons. The van der Waals surface area contributed by atoms with Crippen LogP contribution in [0.1, 0.15) is 20.8 Å². The predicted octanol–water partition coefficient (Wildman–Crippen LogP) is -0.0208. The molecule has 2 unspecified atom stereocenters. The molecule has 2 rings (SSSR count). The standard InChI is InChI=1S/C11H20N2O4S/c1-10(2,3)17-9(14)13-4-8-5-18(15,16)7-11(8,12)6-13/h8H,4-7,12H2,1-3H3. The third-order valence-electron chi connectivity index (χ3n) is 3.33. The molecule has 2 N–H and O–H groups in total. The summed E-state index contributed by atoms with van der Waals surface area (Å²) in [7, 11) is -3.05. The zero-order valence-electron chi connectivity index (χ0n) is 11.0. The van der Waals surface area contributed by atoms with E-state index in [9.17, 15) is 13.2 Å². The van der Waals surface area contributed by atoms with Gasteiger partial charge in [0.05, 0.1) is 17.0 Å². The second-order valence-electron chi connectivity index (χ2n) is 6.35. The first-order valence-corrected chi connectivity index (χ1v) is 7.80. The van der Waals surface area contributed by atoms with E-state index >= 15 is 0 Å². The second kappa shape index (κ2) is 3.84. The number of carbonyl (C=O) groups is 1. The first-order valence-electron chi connectivity index (χ1n) is 5.98. The fourth-order valence-electron chi connectivity index (χ4n) is 2.62. The third-order valence-corrected chi connectivity index (χ3v) is 5.22. The Morgan fingerprint density at radius 3 is 2.56 bits per heavy atom. The first kappa shape index (κ1) is 13.6. The van der Waals surface area contributed by atoms with E-state index in [4.69, 9.17) is 10.5 Å². The van der Waals surface area contributed by atoms with Gasteiger partial charge in [0, 0.05) is 19.0 Å². The van der Waals surface area contributed by atoms with E-state index < -0.39 is 27.1 Å². The lowest BCUT2D eigenvalue weighted by molar-refractivity contribution is 0.0282. The van der Waals surface area contributed by atoms with Crippen LogP contribution in [0, 0.1) is 5.92 Å². The normalized spacial score (nSPS) is 34.4. The van der Waals surface area contributed by atoms with Crippen LogP contribution in [0.2, 0.25) is 0 Å². The predicted molar refractivity (Wildman–Crippen MR) is 66.9 cm³/mol. The Morgan fingerprint density at radius 2 is 2.06 bits per heavy atom. The number of fused-ring (bicyclic) bond motifs is 1. The van der Waals surface area contributed by atoms with Crippen molar-refractivity contribution >= 4 is 15.9 Å². The molecule has 2 aliphatic rings. The van der Waals surface area contributed by atoms with Crippen LogP contribution in [0.3, 0.4) is 0 Å². The van der Waals surface area contributed by atoms with Crippen molar-refractivity contribution in [2.24, 2.45) is 11.7 Å². The van der Waals surface area contributed by atoms with Crippen molar-refractivity contribution in [2.45, 2.75) is 31.9 Å². The van der Waals surface area contributed by atoms with Crippen molar-refractivity contribution in [2.75, 3.05) is 24.6 Å². The Hall–Kier alpha value is -0.820. The molecule has 0 saturated carbocycles. The molecule has 7 heteroatoms. The van der Waals surface area contributed by atoms with Crippen molar-refractivity contribution in [1.29, 1.82) is 0 Å². The summed E-state index contributed by atoms with van der Waals surface area (Å²) in [5, 5.41) is 0. The molecule has 2 heterocycles. The van der Waals surface area contributed by atoms with Crippen molar-refractivity contribution < 1.29 is 17.9 Å². The van der Waals surface area contributed by atoms with Gasteiger partial charge in [-0.1, -0.05) is 0 Å². The number of rotatable bonds is 0. The van der Waals surface area contributed by atoms with Gasteiger partial charge < -0.3 is 15.4 Å². The van der Waals surface area contributed by atoms with Crippen molar-refractivity contribution in [3.05, 3.63) is 0 Å². The van der Waals surface area contributed by atoms with Crippen LogP contribution in [0.25, 0.3) is 0 Å². The molecule has 2 aliphatic heterocycles. The minimum atomic E-state index is -3.05. The number of nitrogens with two attached hydrogens (primary N) is 1. The summed E-state index contributed by atoms with van der Waals surface area (Å²) in [5.41, 5.74) is 4.75. The van der Waals surface area contributed by atoms with Crippen molar-refractivity contribution in [3.63, 3.8) is 0 Å². The van der Waals surface area contributed by atoms with Crippen LogP contribution < -0.4 is 5.73 Å². The van der Waals surface area contributed by atoms with Crippen LogP contribution in [0.15, 0.2) is 0 Å². The van der Waals surface area contributed by atoms with Gasteiger partial charge in [-0.05, 0) is 20.8 Å². The molecule has 2 fully saturated rings. The maximum Gasteiger partial charge on any atom is 0.410 e. The van der Waals surface area contributed by atoms with Gasteiger partial charge in [0.1, 0.15) is 5.60 Å². The molecule has 18 heavy (non-hydrogen) atoms. The number of hydrogen-bond donors (Lipinski definition) is 1. The SMILES string of the molecule is CC(C)(C)OC(=O)N1CC2CS(=O)(=O)CC2(N)C1. The molecule has 1 amide bonds. The zero-order chi connectivity index (χ0) is 13.8. The fraction of sp³-hybridized carbons (Fsp3) is 0.909. The topological polar surface area (TPSA) is 89.7 Å². The van der Waals surface area contributed by atoms with E-state index in [-0.39, 0.29) is 24.0 Å². The van der Waals surface area contributed by atoms with Gasteiger partial charge in [-0.3, -0.25) is 0 Å². The van der Waals surface area contributed by atoms with E-state index in [2.05, 4.69) is 0 Å². The number of hydrogen-bond acceptors (Lipinski definition) is 5. The van der Waals surface area contributed by atoms with Crippen LogP contribution in [-0.2, 0) is 14.6 Å². The Bertz CT molecular complexity index is 468. The summed E-state index contributed by atoms with van der Waals surface area (Å²) in [5.74, 6) is -0.137. The summed E-state index contributed by atoms with van der Waals surface area (Å²) in [6.07, 6.45) is -0.417. The van der Waals surface area contributed by atoms with E-state index in [0.29, 0.717) is 6.54 Å². The fourth-order valence-corrected chi connectivity index (χ4v) is 4.93. The smallest absolute Gasteiger partial charge is 0.410 e. The zero-order valence-corrected chi connectivity index (χ0v) is 11.8. The van der Waals surface area contributed by atoms with Crippen molar-refractivity contribution in [1.82, 2.24) is 4.90 Å². The quantitative estimate of drug-likeness (QED) is 0.671. The van der Waals surface area contributed by atoms with Crippen LogP contribution in [0.5, 0.6) is 0 Å². The lowest BCUT2D eigenvalue weighted by Gasteiger charge is -2.26. The molecule has 104 valence electrons. The Balaban J connectivity index is 2.05. The van der Waals surface area contributed by atoms with Gasteiger partial charge in [-0.15, -0.1) is 0 Å². The highest BCUT2D eigenvalue weighted by Gasteiger charge is 2.54. The van der Waals surface area contributed by atoms with Crippen LogP contribution in [-0.4, -0.2) is 55.1 Å². The van der Waals surface area contributed by atoms with Crippen LogP contribution >= 0.6 is 0 Å². The monoisotopic (exact) mass is 276 g/mol. The lowest BCUT2D eigenvalue weighted by Crippen LogP contribution is -2.49. The molecule has 0 aromatic heterocycles. The molecule has 0 aromatic rings. The number of nitrogens with zero attached hydrogens (tertiary/aromatic N) is 1. The minimum absolute atomic E-state index is 0.0377. The van der Waals surface area contributed by atoms with Gasteiger partial charge >= 0.3 is 6.09 Å². The Labute approximate surface area is 107 Å². The molecule has 6 nitrogen and oxygen atoms in total. The molecule has 0 aromatic carbocycles. The molecular formula is C11H20N2O4S. The lowest BCUT2D eigenvalue weighted by atomic mass is 9.92. The molecular weight excluding hydrogens is 256 g/mol. The first-order chi connectivity index (χ1) is 8.01. The number of amides is 1. The van der Waals surface area contributed by atoms with Gasteiger partial charge in [-0.25, -0.2) is 13.2 Å². The number of sulfone groups is 1. The van der Waals surface area contributed by atoms with E-state index in [1.54, 1.807) is 20.8 Å². The van der Waals surface area contributed by atoms with E-state index in [1.165, 1.54) is 4.90 Å². The number of ether oxygens (including phenoxy) is 1. The summed E-state index contributed by atoms with van der Waals surface area (Å²) in [6, 6.07) is 0. The highest BCUT2D eigenvalue weighted by atomic mass is 32.2. The second-order valence-corrected chi connectivity index (χ2v) is 8.45. The highest BCUT2D eigenvalue weighted by molar-refractivity contribution is 7.91. The molecule has 2 saturated heterocycles. The maximum absolute atomic E-state index is 11.9. The molecule has 0 aliphatic carbocycles. The largest absolute Gasteiger partial charge is 0.444 e. The summed E-state index contributed by atoms with van der Waals surface area (Å²) < 4.78 is 28.3. The molecule has 2 atom stereocenters. The minimum Gasteiger partial charge on any atom is -0.444 e. The summed E-state index contributed by atoms with van der Waals surface area (Å²) in [6.45, 7) is 6.01. The maximum atomic E-state index is 11.9. The van der Waals surface area contributed by atoms with Gasteiger partial charge in [0.2, 0.25) is 0 Å². The van der Waals surface area contributed by atoms with Crippen LogP contribution in [0.4, 0.5) is 4.79 Å². The average molecular weight is 276 g/mol. The van der Waals surface area contributed by atoms with Gasteiger partial charge in [-0.2, -0.15) is 0 Å². The Kier molecular flexibility index (Phi) is 2.90. The van der Waals surface area contributed by atoms with E-state index in [0.717, 1.165) is 0 Å². The van der Waals surface area contributed by atoms with E-state index in [1.807, 2.05) is 0 Å². The number of likely N-dealkylation sites (tertiary alicyclic amines) is 1. The molecule has 0 spiro atoms. The van der Waals surface area contributed by atoms with Crippen molar-refractivity contribution in [3.8, 4) is 0 Å². The summed E-state index contributed by atoms with van der Waals surface area (Å²) in [4.78, 5) is 13.4. The number of carbonyl (C=O) groups excluding carboxylic acids is 1.